The van der Waals surface area contributed by atoms with Gasteiger partial charge in [-0.2, -0.15) is 0 Å². The Hall–Kier alpha value is -1.95. The molecule has 1 amide bonds. The predicted molar refractivity (Wildman–Crippen MR) is 81.7 cm³/mol. The van der Waals surface area contributed by atoms with Crippen molar-refractivity contribution in [1.29, 1.82) is 0 Å². The Morgan fingerprint density at radius 1 is 1.32 bits per heavy atom. The van der Waals surface area contributed by atoms with Gasteiger partial charge in [0.2, 0.25) is 0 Å². The molecule has 116 valence electrons. The van der Waals surface area contributed by atoms with E-state index in [4.69, 9.17) is 4.52 Å². The molecule has 2 aromatic heterocycles. The number of carbonyl (C=O) groups is 1. The monoisotopic (exact) mass is 300 g/mol. The van der Waals surface area contributed by atoms with Crippen molar-refractivity contribution in [2.24, 2.45) is 0 Å². The quantitative estimate of drug-likeness (QED) is 0.804. The summed E-state index contributed by atoms with van der Waals surface area (Å²) in [6, 6.07) is 2.38. The minimum Gasteiger partial charge on any atom is -0.336 e. The Kier molecular flexibility index (Phi) is 3.33. The second kappa shape index (κ2) is 5.35. The van der Waals surface area contributed by atoms with Crippen LogP contribution in [0, 0.1) is 6.92 Å². The average molecular weight is 300 g/mol. The lowest BCUT2D eigenvalue weighted by atomic mass is 9.99. The average Bonchev–Trinajstić information content (AvgIpc) is 2.94. The highest BCUT2D eigenvalue weighted by atomic mass is 16.5. The third-order valence-corrected chi connectivity index (χ3v) is 4.88. The summed E-state index contributed by atoms with van der Waals surface area (Å²) < 4.78 is 5.11. The molecule has 0 bridgehead atoms. The Bertz CT molecular complexity index is 711. The first-order valence-corrected chi connectivity index (χ1v) is 7.98. The summed E-state index contributed by atoms with van der Waals surface area (Å²) in [5.41, 5.74) is 1.89. The molecule has 2 fully saturated rings. The van der Waals surface area contributed by atoms with E-state index < -0.39 is 0 Å². The maximum Gasteiger partial charge on any atom is 0.257 e. The molecule has 0 saturated carbocycles. The maximum absolute atomic E-state index is 12.8. The van der Waals surface area contributed by atoms with Crippen molar-refractivity contribution >= 4 is 17.0 Å². The summed E-state index contributed by atoms with van der Waals surface area (Å²) in [6.07, 6.45) is 5.36. The minimum atomic E-state index is 0.0697. The van der Waals surface area contributed by atoms with E-state index in [2.05, 4.69) is 15.0 Å². The summed E-state index contributed by atoms with van der Waals surface area (Å²) in [4.78, 5) is 21.5. The summed E-state index contributed by atoms with van der Waals surface area (Å²) in [5, 5.41) is 4.72. The van der Waals surface area contributed by atoms with Gasteiger partial charge in [0.15, 0.2) is 0 Å². The van der Waals surface area contributed by atoms with Gasteiger partial charge in [-0.3, -0.25) is 9.69 Å². The van der Waals surface area contributed by atoms with Gasteiger partial charge in [0.05, 0.1) is 16.6 Å². The number of amides is 1. The fraction of sp³-hybridized carbons (Fsp3) is 0.562. The van der Waals surface area contributed by atoms with Crippen LogP contribution in [0.15, 0.2) is 16.8 Å². The highest BCUT2D eigenvalue weighted by Crippen LogP contribution is 2.23. The Balaban J connectivity index is 1.56. The molecule has 0 aromatic carbocycles. The number of nitrogens with zero attached hydrogens (tertiary/aromatic N) is 4. The maximum atomic E-state index is 12.8. The molecule has 6 nitrogen and oxygen atoms in total. The van der Waals surface area contributed by atoms with Gasteiger partial charge in [0.1, 0.15) is 0 Å². The van der Waals surface area contributed by atoms with Gasteiger partial charge in [0.25, 0.3) is 11.6 Å². The Morgan fingerprint density at radius 2 is 2.23 bits per heavy atom. The highest BCUT2D eigenvalue weighted by Gasteiger charge is 2.31. The lowest BCUT2D eigenvalue weighted by molar-refractivity contribution is 0.0372. The standard InChI is InChI=1S/C16H20N4O2/c1-11-14-8-12(9-17-15(14)22-18-11)16(21)20-7-6-19-5-3-2-4-13(19)10-20/h8-9,13H,2-7,10H2,1H3. The zero-order valence-electron chi connectivity index (χ0n) is 12.8. The minimum absolute atomic E-state index is 0.0697. The van der Waals surface area contributed by atoms with Crippen LogP contribution in [-0.4, -0.2) is 58.1 Å². The van der Waals surface area contributed by atoms with Crippen LogP contribution >= 0.6 is 0 Å². The number of fused-ring (bicyclic) bond motifs is 2. The lowest BCUT2D eigenvalue weighted by Gasteiger charge is -2.44. The molecule has 2 aromatic rings. The SMILES string of the molecule is Cc1noc2ncc(C(=O)N3CCN4CCCCC4C3)cc12. The van der Waals surface area contributed by atoms with Crippen LogP contribution in [0.25, 0.3) is 11.1 Å². The van der Waals surface area contributed by atoms with Crippen molar-refractivity contribution in [3.05, 3.63) is 23.5 Å². The van der Waals surface area contributed by atoms with Gasteiger partial charge >= 0.3 is 0 Å². The van der Waals surface area contributed by atoms with Gasteiger partial charge in [0, 0.05) is 31.9 Å². The zero-order chi connectivity index (χ0) is 15.1. The molecule has 1 unspecified atom stereocenters. The molecule has 2 saturated heterocycles. The first kappa shape index (κ1) is 13.7. The molecule has 2 aliphatic heterocycles. The molecule has 0 radical (unpaired) electrons. The third-order valence-electron chi connectivity index (χ3n) is 4.88. The summed E-state index contributed by atoms with van der Waals surface area (Å²) in [6.45, 7) is 5.66. The van der Waals surface area contributed by atoms with Crippen molar-refractivity contribution in [2.75, 3.05) is 26.2 Å². The van der Waals surface area contributed by atoms with Crippen molar-refractivity contribution in [3.8, 4) is 0 Å². The van der Waals surface area contributed by atoms with Crippen LogP contribution in [0.1, 0.15) is 35.3 Å². The Morgan fingerprint density at radius 3 is 3.14 bits per heavy atom. The number of pyridine rings is 1. The smallest absolute Gasteiger partial charge is 0.257 e. The highest BCUT2D eigenvalue weighted by molar-refractivity contribution is 5.97. The molecule has 4 heterocycles. The molecule has 0 spiro atoms. The second-order valence-electron chi connectivity index (χ2n) is 6.28. The number of hydrogen-bond donors (Lipinski definition) is 0. The fourth-order valence-electron chi connectivity index (χ4n) is 3.59. The number of aromatic nitrogens is 2. The zero-order valence-corrected chi connectivity index (χ0v) is 12.8. The molecule has 2 aliphatic rings. The Labute approximate surface area is 129 Å². The first-order valence-electron chi connectivity index (χ1n) is 7.98. The van der Waals surface area contributed by atoms with Crippen LogP contribution in [-0.2, 0) is 0 Å². The van der Waals surface area contributed by atoms with Crippen molar-refractivity contribution < 1.29 is 9.32 Å². The number of rotatable bonds is 1. The van der Waals surface area contributed by atoms with Gasteiger partial charge in [-0.05, 0) is 32.4 Å². The van der Waals surface area contributed by atoms with Crippen LogP contribution < -0.4 is 0 Å². The van der Waals surface area contributed by atoms with Crippen LogP contribution in [0.5, 0.6) is 0 Å². The number of piperidine rings is 1. The van der Waals surface area contributed by atoms with Crippen LogP contribution in [0.4, 0.5) is 0 Å². The summed E-state index contributed by atoms with van der Waals surface area (Å²) >= 11 is 0. The topological polar surface area (TPSA) is 62.5 Å². The lowest BCUT2D eigenvalue weighted by Crippen LogP contribution is -2.56. The van der Waals surface area contributed by atoms with E-state index in [1.165, 1.54) is 25.8 Å². The fourth-order valence-corrected chi connectivity index (χ4v) is 3.59. The van der Waals surface area contributed by atoms with Gasteiger partial charge in [-0.15, -0.1) is 0 Å². The van der Waals surface area contributed by atoms with Crippen molar-refractivity contribution in [3.63, 3.8) is 0 Å². The molecule has 1 atom stereocenters. The first-order chi connectivity index (χ1) is 10.7. The van der Waals surface area contributed by atoms with E-state index in [1.807, 2.05) is 17.9 Å². The van der Waals surface area contributed by atoms with Gasteiger partial charge in [-0.25, -0.2) is 4.98 Å². The second-order valence-corrected chi connectivity index (χ2v) is 6.28. The van der Waals surface area contributed by atoms with E-state index in [1.54, 1.807) is 6.20 Å². The summed E-state index contributed by atoms with van der Waals surface area (Å²) in [5.74, 6) is 0.0697. The predicted octanol–water partition coefficient (Wildman–Crippen LogP) is 1.84. The van der Waals surface area contributed by atoms with Crippen molar-refractivity contribution in [1.82, 2.24) is 19.9 Å². The summed E-state index contributed by atoms with van der Waals surface area (Å²) in [7, 11) is 0. The molecule has 6 heteroatoms. The largest absolute Gasteiger partial charge is 0.336 e. The van der Waals surface area contributed by atoms with E-state index in [0.29, 0.717) is 17.3 Å². The molecule has 4 rings (SSSR count). The number of piperazine rings is 1. The van der Waals surface area contributed by atoms with Gasteiger partial charge in [-0.1, -0.05) is 11.6 Å². The van der Waals surface area contributed by atoms with Crippen LogP contribution in [0.3, 0.4) is 0 Å². The molecule has 0 N–H and O–H groups in total. The molecule has 22 heavy (non-hydrogen) atoms. The van der Waals surface area contributed by atoms with Crippen LogP contribution in [0.2, 0.25) is 0 Å². The van der Waals surface area contributed by atoms with E-state index in [-0.39, 0.29) is 5.91 Å². The number of hydrogen-bond acceptors (Lipinski definition) is 5. The molecule has 0 aliphatic carbocycles. The van der Waals surface area contributed by atoms with E-state index in [0.717, 1.165) is 30.7 Å². The number of carbonyl (C=O) groups excluding carboxylic acids is 1. The van der Waals surface area contributed by atoms with E-state index >= 15 is 0 Å². The third kappa shape index (κ3) is 2.27. The molecular weight excluding hydrogens is 280 g/mol. The van der Waals surface area contributed by atoms with Gasteiger partial charge < -0.3 is 9.42 Å². The number of aryl methyl sites for hydroxylation is 1. The molecular formula is C16H20N4O2. The normalized spacial score (nSPS) is 22.8. The van der Waals surface area contributed by atoms with Crippen molar-refractivity contribution in [2.45, 2.75) is 32.2 Å². The van der Waals surface area contributed by atoms with E-state index in [9.17, 15) is 4.79 Å².